The maximum Gasteiger partial charge on any atom is 0.0441 e. The summed E-state index contributed by atoms with van der Waals surface area (Å²) in [7, 11) is 2.01. The van der Waals surface area contributed by atoms with Crippen molar-refractivity contribution in [2.75, 3.05) is 7.05 Å². The van der Waals surface area contributed by atoms with Gasteiger partial charge in [-0.15, -0.1) is 0 Å². The van der Waals surface area contributed by atoms with E-state index < -0.39 is 0 Å². The van der Waals surface area contributed by atoms with Crippen molar-refractivity contribution in [3.05, 3.63) is 34.9 Å². The number of hydrogen-bond donors (Lipinski definition) is 1. The van der Waals surface area contributed by atoms with Crippen LogP contribution in [0.3, 0.4) is 0 Å². The van der Waals surface area contributed by atoms with Crippen LogP contribution in [0.15, 0.2) is 24.3 Å². The van der Waals surface area contributed by atoms with Crippen molar-refractivity contribution in [3.8, 4) is 0 Å². The van der Waals surface area contributed by atoms with Crippen LogP contribution in [0.2, 0.25) is 5.02 Å². The average Bonchev–Trinajstić information content (AvgIpc) is 2.18. The van der Waals surface area contributed by atoms with Gasteiger partial charge >= 0.3 is 0 Å². The summed E-state index contributed by atoms with van der Waals surface area (Å²) in [5.74, 6) is 1.03. The minimum atomic E-state index is 0.434. The highest BCUT2D eigenvalue weighted by molar-refractivity contribution is 6.31. The van der Waals surface area contributed by atoms with Gasteiger partial charge in [-0.1, -0.05) is 50.6 Å². The van der Waals surface area contributed by atoms with Gasteiger partial charge in [0.1, 0.15) is 0 Å². The summed E-state index contributed by atoms with van der Waals surface area (Å²) in [6.07, 6.45) is 0. The van der Waals surface area contributed by atoms with E-state index in [1.54, 1.807) is 0 Å². The predicted molar refractivity (Wildman–Crippen MR) is 67.6 cm³/mol. The van der Waals surface area contributed by atoms with Gasteiger partial charge < -0.3 is 5.32 Å². The zero-order chi connectivity index (χ0) is 11.4. The van der Waals surface area contributed by atoms with Gasteiger partial charge in [0.05, 0.1) is 0 Å². The van der Waals surface area contributed by atoms with E-state index in [1.807, 2.05) is 25.2 Å². The number of likely N-dealkylation sites (N-methyl/N-ethyl adjacent to an activating group) is 1. The molecule has 0 fully saturated rings. The summed E-state index contributed by atoms with van der Waals surface area (Å²) in [6, 6.07) is 8.55. The molecular formula is C13H20ClN. The summed E-state index contributed by atoms with van der Waals surface area (Å²) >= 11 is 6.20. The van der Waals surface area contributed by atoms with E-state index in [0.717, 1.165) is 5.02 Å². The molecule has 0 aliphatic rings. The Morgan fingerprint density at radius 3 is 2.20 bits per heavy atom. The Kier molecular flexibility index (Phi) is 4.62. The first-order valence-electron chi connectivity index (χ1n) is 5.49. The predicted octanol–water partition coefficient (Wildman–Crippen LogP) is 3.69. The van der Waals surface area contributed by atoms with Crippen LogP contribution in [0.25, 0.3) is 0 Å². The average molecular weight is 226 g/mol. The smallest absolute Gasteiger partial charge is 0.0441 e. The molecule has 0 amide bonds. The van der Waals surface area contributed by atoms with E-state index in [1.165, 1.54) is 5.56 Å². The molecule has 0 bridgehead atoms. The SMILES string of the molecule is CNC(C(C)C)C(C)c1ccccc1Cl. The molecule has 2 heteroatoms. The second-order valence-electron chi connectivity index (χ2n) is 4.37. The molecule has 0 radical (unpaired) electrons. The minimum Gasteiger partial charge on any atom is -0.316 e. The number of benzene rings is 1. The molecule has 0 aliphatic heterocycles. The Morgan fingerprint density at radius 2 is 1.73 bits per heavy atom. The second-order valence-corrected chi connectivity index (χ2v) is 4.78. The molecule has 1 nitrogen and oxygen atoms in total. The van der Waals surface area contributed by atoms with E-state index in [4.69, 9.17) is 11.6 Å². The van der Waals surface area contributed by atoms with Crippen LogP contribution in [0, 0.1) is 5.92 Å². The Hall–Kier alpha value is -0.530. The first kappa shape index (κ1) is 12.5. The van der Waals surface area contributed by atoms with Crippen molar-refractivity contribution < 1.29 is 0 Å². The van der Waals surface area contributed by atoms with Crippen molar-refractivity contribution >= 4 is 11.6 Å². The van der Waals surface area contributed by atoms with Gasteiger partial charge in [-0.2, -0.15) is 0 Å². The Morgan fingerprint density at radius 1 is 1.13 bits per heavy atom. The highest BCUT2D eigenvalue weighted by atomic mass is 35.5. The van der Waals surface area contributed by atoms with E-state index in [-0.39, 0.29) is 0 Å². The fraction of sp³-hybridized carbons (Fsp3) is 0.538. The number of hydrogen-bond acceptors (Lipinski definition) is 1. The van der Waals surface area contributed by atoms with Crippen LogP contribution in [0.4, 0.5) is 0 Å². The second kappa shape index (κ2) is 5.53. The fourth-order valence-corrected chi connectivity index (χ4v) is 2.51. The minimum absolute atomic E-state index is 0.434. The molecule has 84 valence electrons. The summed E-state index contributed by atoms with van der Waals surface area (Å²) in [4.78, 5) is 0. The van der Waals surface area contributed by atoms with E-state index >= 15 is 0 Å². The Bertz CT molecular complexity index is 309. The number of rotatable bonds is 4. The third kappa shape index (κ3) is 2.96. The molecule has 2 atom stereocenters. The third-order valence-electron chi connectivity index (χ3n) is 2.99. The van der Waals surface area contributed by atoms with E-state index in [0.29, 0.717) is 17.9 Å². The standard InChI is InChI=1S/C13H20ClN/c1-9(2)13(15-4)10(3)11-7-5-6-8-12(11)14/h5-10,13,15H,1-4H3. The summed E-state index contributed by atoms with van der Waals surface area (Å²) in [5, 5.41) is 4.23. The summed E-state index contributed by atoms with van der Waals surface area (Å²) in [6.45, 7) is 6.69. The van der Waals surface area contributed by atoms with Gasteiger partial charge in [0.2, 0.25) is 0 Å². The van der Waals surface area contributed by atoms with Gasteiger partial charge in [0.25, 0.3) is 0 Å². The number of halogens is 1. The zero-order valence-corrected chi connectivity index (χ0v) is 10.7. The molecule has 1 N–H and O–H groups in total. The maximum absolute atomic E-state index is 6.20. The highest BCUT2D eigenvalue weighted by Crippen LogP contribution is 2.29. The van der Waals surface area contributed by atoms with Crippen molar-refractivity contribution in [1.29, 1.82) is 0 Å². The van der Waals surface area contributed by atoms with Crippen molar-refractivity contribution in [2.24, 2.45) is 5.92 Å². The molecule has 0 aliphatic carbocycles. The van der Waals surface area contributed by atoms with Crippen LogP contribution in [0.5, 0.6) is 0 Å². The summed E-state index contributed by atoms with van der Waals surface area (Å²) < 4.78 is 0. The van der Waals surface area contributed by atoms with Gasteiger partial charge in [0.15, 0.2) is 0 Å². The monoisotopic (exact) mass is 225 g/mol. The van der Waals surface area contributed by atoms with Gasteiger partial charge in [0, 0.05) is 11.1 Å². The van der Waals surface area contributed by atoms with Crippen LogP contribution in [-0.2, 0) is 0 Å². The molecule has 1 rings (SSSR count). The molecule has 0 saturated carbocycles. The highest BCUT2D eigenvalue weighted by Gasteiger charge is 2.21. The molecule has 0 aromatic heterocycles. The normalized spacial score (nSPS) is 15.3. The molecule has 1 aromatic carbocycles. The topological polar surface area (TPSA) is 12.0 Å². The lowest BCUT2D eigenvalue weighted by Crippen LogP contribution is -2.35. The van der Waals surface area contributed by atoms with Crippen LogP contribution in [-0.4, -0.2) is 13.1 Å². The van der Waals surface area contributed by atoms with Crippen LogP contribution >= 0.6 is 11.6 Å². The lowest BCUT2D eigenvalue weighted by Gasteiger charge is -2.28. The molecule has 1 aromatic rings. The quantitative estimate of drug-likeness (QED) is 0.824. The first-order valence-corrected chi connectivity index (χ1v) is 5.87. The number of nitrogens with one attached hydrogen (secondary N) is 1. The lowest BCUT2D eigenvalue weighted by atomic mass is 9.86. The van der Waals surface area contributed by atoms with Crippen molar-refractivity contribution in [3.63, 3.8) is 0 Å². The molecule has 0 heterocycles. The molecule has 2 unspecified atom stereocenters. The maximum atomic E-state index is 6.20. The molecular weight excluding hydrogens is 206 g/mol. The molecule has 0 saturated heterocycles. The largest absolute Gasteiger partial charge is 0.316 e. The third-order valence-corrected chi connectivity index (χ3v) is 3.33. The van der Waals surface area contributed by atoms with Crippen molar-refractivity contribution in [2.45, 2.75) is 32.7 Å². The lowest BCUT2D eigenvalue weighted by molar-refractivity contribution is 0.376. The Labute approximate surface area is 97.8 Å². The van der Waals surface area contributed by atoms with Gasteiger partial charge in [-0.25, -0.2) is 0 Å². The summed E-state index contributed by atoms with van der Waals surface area (Å²) in [5.41, 5.74) is 1.23. The molecule has 15 heavy (non-hydrogen) atoms. The van der Waals surface area contributed by atoms with Gasteiger partial charge in [-0.05, 0) is 30.5 Å². The fourth-order valence-electron chi connectivity index (χ4n) is 2.20. The van der Waals surface area contributed by atoms with Gasteiger partial charge in [-0.3, -0.25) is 0 Å². The van der Waals surface area contributed by atoms with E-state index in [9.17, 15) is 0 Å². The molecule has 0 spiro atoms. The van der Waals surface area contributed by atoms with Crippen LogP contribution in [0.1, 0.15) is 32.3 Å². The van der Waals surface area contributed by atoms with E-state index in [2.05, 4.69) is 32.2 Å². The van der Waals surface area contributed by atoms with Crippen molar-refractivity contribution in [1.82, 2.24) is 5.32 Å². The zero-order valence-electron chi connectivity index (χ0n) is 9.92. The first-order chi connectivity index (χ1) is 7.07. The van der Waals surface area contributed by atoms with Crippen LogP contribution < -0.4 is 5.32 Å². The Balaban J connectivity index is 2.92.